The molecule has 1 fully saturated rings. The van der Waals surface area contributed by atoms with E-state index in [-0.39, 0.29) is 18.5 Å². The average Bonchev–Trinajstić information content (AvgIpc) is 3.26. The molecule has 0 radical (unpaired) electrons. The van der Waals surface area contributed by atoms with Gasteiger partial charge in [-0.1, -0.05) is 11.3 Å². The summed E-state index contributed by atoms with van der Waals surface area (Å²) in [5, 5.41) is 24.6. The first-order valence-electron chi connectivity index (χ1n) is 9.90. The normalized spacial score (nSPS) is 16.8. The first kappa shape index (κ1) is 20.9. The molecule has 1 aromatic carbocycles. The SMILES string of the molecule is COc1ccc(OC)c(C(c2sc3nc(C)nn3c2O)N2CCN(CCO)CC2)c1. The van der Waals surface area contributed by atoms with E-state index in [2.05, 4.69) is 19.9 Å². The van der Waals surface area contributed by atoms with Gasteiger partial charge in [0.1, 0.15) is 17.3 Å². The van der Waals surface area contributed by atoms with Crippen LogP contribution in [0.25, 0.3) is 4.96 Å². The second-order valence-corrected chi connectivity index (χ2v) is 8.26. The van der Waals surface area contributed by atoms with Crippen molar-refractivity contribution in [2.24, 2.45) is 0 Å². The molecular formula is C20H27N5O4S. The largest absolute Gasteiger partial charge is 0.497 e. The number of methoxy groups -OCH3 is 2. The second kappa shape index (κ2) is 8.76. The molecule has 3 aromatic rings. The molecule has 162 valence electrons. The predicted molar refractivity (Wildman–Crippen MR) is 114 cm³/mol. The Morgan fingerprint density at radius 3 is 2.57 bits per heavy atom. The lowest BCUT2D eigenvalue weighted by molar-refractivity contribution is 0.0937. The number of β-amino-alcohol motifs (C(OH)–C–C–N with tert-alkyl or cyclic N) is 1. The van der Waals surface area contributed by atoms with Gasteiger partial charge in [-0.25, -0.2) is 4.98 Å². The predicted octanol–water partition coefficient (Wildman–Crippen LogP) is 1.52. The van der Waals surface area contributed by atoms with Gasteiger partial charge in [0, 0.05) is 38.3 Å². The molecule has 9 nitrogen and oxygen atoms in total. The van der Waals surface area contributed by atoms with Gasteiger partial charge >= 0.3 is 0 Å². The minimum absolute atomic E-state index is 0.100. The van der Waals surface area contributed by atoms with Crippen molar-refractivity contribution in [3.63, 3.8) is 0 Å². The number of aliphatic hydroxyl groups excluding tert-OH is 1. The molecule has 4 rings (SSSR count). The van der Waals surface area contributed by atoms with Crippen LogP contribution in [0.3, 0.4) is 0 Å². The molecule has 2 N–H and O–H groups in total. The monoisotopic (exact) mass is 433 g/mol. The van der Waals surface area contributed by atoms with Crippen LogP contribution in [0.15, 0.2) is 18.2 Å². The molecule has 3 heterocycles. The lowest BCUT2D eigenvalue weighted by atomic mass is 10.0. The van der Waals surface area contributed by atoms with Crippen LogP contribution in [-0.4, -0.2) is 88.2 Å². The summed E-state index contributed by atoms with van der Waals surface area (Å²) in [7, 11) is 3.28. The molecule has 1 atom stereocenters. The lowest BCUT2D eigenvalue weighted by Crippen LogP contribution is -2.48. The van der Waals surface area contributed by atoms with E-state index < -0.39 is 0 Å². The molecule has 0 bridgehead atoms. The zero-order valence-electron chi connectivity index (χ0n) is 17.4. The minimum Gasteiger partial charge on any atom is -0.497 e. The van der Waals surface area contributed by atoms with E-state index in [4.69, 9.17) is 9.47 Å². The van der Waals surface area contributed by atoms with Gasteiger partial charge in [-0.15, -0.1) is 5.10 Å². The highest BCUT2D eigenvalue weighted by Crippen LogP contribution is 2.44. The van der Waals surface area contributed by atoms with Crippen molar-refractivity contribution in [2.45, 2.75) is 13.0 Å². The van der Waals surface area contributed by atoms with Crippen LogP contribution in [0.5, 0.6) is 17.4 Å². The van der Waals surface area contributed by atoms with Crippen molar-refractivity contribution in [2.75, 3.05) is 53.6 Å². The molecule has 1 saturated heterocycles. The molecule has 10 heteroatoms. The molecule has 1 aliphatic rings. The van der Waals surface area contributed by atoms with Gasteiger partial charge < -0.3 is 19.7 Å². The van der Waals surface area contributed by atoms with Gasteiger partial charge in [0.2, 0.25) is 10.8 Å². The van der Waals surface area contributed by atoms with Crippen LogP contribution in [-0.2, 0) is 0 Å². The van der Waals surface area contributed by atoms with E-state index in [1.54, 1.807) is 14.2 Å². The number of aromatic hydroxyl groups is 1. The highest BCUT2D eigenvalue weighted by atomic mass is 32.1. The molecule has 1 aliphatic heterocycles. The molecule has 0 saturated carbocycles. The Labute approximate surface area is 179 Å². The minimum atomic E-state index is -0.236. The Morgan fingerprint density at radius 1 is 1.17 bits per heavy atom. The maximum absolute atomic E-state index is 11.0. The molecule has 30 heavy (non-hydrogen) atoms. The van der Waals surface area contributed by atoms with Gasteiger partial charge in [-0.2, -0.15) is 4.52 Å². The summed E-state index contributed by atoms with van der Waals surface area (Å²) >= 11 is 1.43. The summed E-state index contributed by atoms with van der Waals surface area (Å²) in [6, 6.07) is 5.48. The Balaban J connectivity index is 1.79. The molecule has 2 aromatic heterocycles. The van der Waals surface area contributed by atoms with E-state index in [1.165, 1.54) is 15.9 Å². The summed E-state index contributed by atoms with van der Waals surface area (Å²) < 4.78 is 12.6. The van der Waals surface area contributed by atoms with Crippen LogP contribution in [0.1, 0.15) is 22.3 Å². The van der Waals surface area contributed by atoms with Crippen LogP contribution in [0.4, 0.5) is 0 Å². The van der Waals surface area contributed by atoms with Gasteiger partial charge in [0.15, 0.2) is 0 Å². The maximum Gasteiger partial charge on any atom is 0.230 e. The molecule has 0 spiro atoms. The third-order valence-electron chi connectivity index (χ3n) is 5.47. The van der Waals surface area contributed by atoms with Crippen LogP contribution < -0.4 is 9.47 Å². The molecule has 0 aliphatic carbocycles. The lowest BCUT2D eigenvalue weighted by Gasteiger charge is -2.39. The van der Waals surface area contributed by atoms with Crippen LogP contribution in [0, 0.1) is 6.92 Å². The van der Waals surface area contributed by atoms with E-state index in [1.807, 2.05) is 25.1 Å². The number of nitrogens with zero attached hydrogens (tertiary/aromatic N) is 5. The first-order chi connectivity index (χ1) is 14.5. The van der Waals surface area contributed by atoms with Crippen molar-refractivity contribution in [1.82, 2.24) is 24.4 Å². The molecule has 0 amide bonds. The van der Waals surface area contributed by atoms with E-state index in [0.717, 1.165) is 48.1 Å². The summed E-state index contributed by atoms with van der Waals surface area (Å²) in [5.41, 5.74) is 0.920. The molecular weight excluding hydrogens is 406 g/mol. The van der Waals surface area contributed by atoms with Crippen molar-refractivity contribution in [1.29, 1.82) is 0 Å². The fraction of sp³-hybridized carbons (Fsp3) is 0.500. The highest BCUT2D eigenvalue weighted by molar-refractivity contribution is 7.17. The smallest absolute Gasteiger partial charge is 0.230 e. The number of benzene rings is 1. The number of aryl methyl sites for hydroxylation is 1. The van der Waals surface area contributed by atoms with Crippen molar-refractivity contribution in [3.8, 4) is 17.4 Å². The number of piperazine rings is 1. The van der Waals surface area contributed by atoms with Gasteiger partial charge in [0.25, 0.3) is 0 Å². The topological polar surface area (TPSA) is 95.6 Å². The third-order valence-corrected chi connectivity index (χ3v) is 6.55. The first-order valence-corrected chi connectivity index (χ1v) is 10.7. The van der Waals surface area contributed by atoms with Crippen molar-refractivity contribution < 1.29 is 19.7 Å². The summed E-state index contributed by atoms with van der Waals surface area (Å²) in [5.74, 6) is 2.18. The number of fused-ring (bicyclic) bond motifs is 1. The Morgan fingerprint density at radius 2 is 1.93 bits per heavy atom. The zero-order valence-corrected chi connectivity index (χ0v) is 18.2. The quantitative estimate of drug-likeness (QED) is 0.579. The fourth-order valence-corrected chi connectivity index (χ4v) is 5.12. The van der Waals surface area contributed by atoms with E-state index in [0.29, 0.717) is 17.3 Å². The van der Waals surface area contributed by atoms with Gasteiger partial charge in [-0.05, 0) is 25.1 Å². The summed E-state index contributed by atoms with van der Waals surface area (Å²) in [6.45, 7) is 5.88. The summed E-state index contributed by atoms with van der Waals surface area (Å²) in [6.07, 6.45) is 0. The van der Waals surface area contributed by atoms with Crippen LogP contribution >= 0.6 is 11.3 Å². The Hall–Kier alpha value is -2.40. The number of rotatable bonds is 7. The standard InChI is InChI=1S/C20H27N5O4S/c1-13-21-20-25(22-13)19(27)18(30-20)17(24-8-6-23(7-9-24)10-11-26)15-12-14(28-2)4-5-16(15)29-3/h4-5,12,17,26-27H,6-11H2,1-3H3. The van der Waals surface area contributed by atoms with Gasteiger partial charge in [-0.3, -0.25) is 9.80 Å². The van der Waals surface area contributed by atoms with Crippen LogP contribution in [0.2, 0.25) is 0 Å². The number of hydrogen-bond acceptors (Lipinski definition) is 9. The maximum atomic E-state index is 11.0. The Kier molecular flexibility index (Phi) is 6.09. The number of thiazole rings is 1. The Bertz CT molecular complexity index is 1010. The third kappa shape index (κ3) is 3.83. The number of aliphatic hydroxyl groups is 1. The molecule has 1 unspecified atom stereocenters. The number of hydrogen-bond donors (Lipinski definition) is 2. The zero-order chi connectivity index (χ0) is 21.3. The number of aromatic nitrogens is 3. The van der Waals surface area contributed by atoms with E-state index in [9.17, 15) is 10.2 Å². The second-order valence-electron chi connectivity index (χ2n) is 7.25. The van der Waals surface area contributed by atoms with Crippen molar-refractivity contribution >= 4 is 16.3 Å². The van der Waals surface area contributed by atoms with E-state index >= 15 is 0 Å². The highest BCUT2D eigenvalue weighted by Gasteiger charge is 2.33. The van der Waals surface area contributed by atoms with Gasteiger partial charge in [0.05, 0.1) is 31.7 Å². The van der Waals surface area contributed by atoms with Crippen molar-refractivity contribution in [3.05, 3.63) is 34.5 Å². The summed E-state index contributed by atoms with van der Waals surface area (Å²) in [4.78, 5) is 10.4. The average molecular weight is 434 g/mol. The fourth-order valence-electron chi connectivity index (χ4n) is 3.97. The number of ether oxygens (including phenoxy) is 2.